The van der Waals surface area contributed by atoms with Crippen LogP contribution in [0.5, 0.6) is 0 Å². The van der Waals surface area contributed by atoms with Crippen molar-refractivity contribution >= 4 is 11.8 Å². The van der Waals surface area contributed by atoms with E-state index in [9.17, 15) is 0 Å². The van der Waals surface area contributed by atoms with Crippen molar-refractivity contribution in [3.63, 3.8) is 0 Å². The molecule has 1 aliphatic heterocycles. The van der Waals surface area contributed by atoms with Crippen molar-refractivity contribution in [1.82, 2.24) is 24.6 Å². The van der Waals surface area contributed by atoms with Crippen LogP contribution in [-0.4, -0.2) is 77.0 Å². The van der Waals surface area contributed by atoms with Gasteiger partial charge in [0.05, 0.1) is 13.2 Å². The molecule has 3 rings (SSSR count). The maximum absolute atomic E-state index is 5.40. The Bertz CT molecular complexity index is 631. The number of pyridine rings is 1. The lowest BCUT2D eigenvalue weighted by atomic mass is 10.2. The summed E-state index contributed by atoms with van der Waals surface area (Å²) in [5.41, 5.74) is 1.04. The van der Waals surface area contributed by atoms with E-state index in [4.69, 9.17) is 9.47 Å². The number of morpholine rings is 1. The molecular weight excluding hydrogens is 338 g/mol. The van der Waals surface area contributed by atoms with Gasteiger partial charge in [0, 0.05) is 63.6 Å². The zero-order valence-electron chi connectivity index (χ0n) is 14.6. The molecule has 0 aromatic carbocycles. The van der Waals surface area contributed by atoms with Gasteiger partial charge < -0.3 is 14.0 Å². The van der Waals surface area contributed by atoms with Crippen LogP contribution in [0.4, 0.5) is 0 Å². The van der Waals surface area contributed by atoms with Gasteiger partial charge in [0.15, 0.2) is 11.0 Å². The van der Waals surface area contributed by atoms with E-state index >= 15 is 0 Å². The number of thioether (sulfide) groups is 1. The first-order valence-corrected chi connectivity index (χ1v) is 9.62. The van der Waals surface area contributed by atoms with Crippen LogP contribution in [0.3, 0.4) is 0 Å². The molecule has 0 N–H and O–H groups in total. The zero-order chi connectivity index (χ0) is 17.3. The Morgan fingerprint density at radius 2 is 1.96 bits per heavy atom. The van der Waals surface area contributed by atoms with Crippen molar-refractivity contribution in [3.05, 3.63) is 24.5 Å². The van der Waals surface area contributed by atoms with Gasteiger partial charge in [-0.3, -0.25) is 9.88 Å². The molecular formula is C17H25N5O2S. The molecule has 0 bridgehead atoms. The second-order valence-electron chi connectivity index (χ2n) is 5.84. The third-order valence-corrected chi connectivity index (χ3v) is 5.07. The van der Waals surface area contributed by atoms with Crippen LogP contribution in [0.25, 0.3) is 11.4 Å². The predicted octanol–water partition coefficient (Wildman–Crippen LogP) is 1.80. The highest BCUT2D eigenvalue weighted by atomic mass is 32.2. The Labute approximate surface area is 152 Å². The lowest BCUT2D eigenvalue weighted by Crippen LogP contribution is -2.37. The van der Waals surface area contributed by atoms with E-state index in [1.807, 2.05) is 12.1 Å². The molecule has 2 aromatic rings. The minimum atomic E-state index is 0.728. The van der Waals surface area contributed by atoms with Gasteiger partial charge in [-0.25, -0.2) is 0 Å². The summed E-state index contributed by atoms with van der Waals surface area (Å²) in [6.45, 7) is 6.33. The Hall–Kier alpha value is -1.48. The van der Waals surface area contributed by atoms with Crippen LogP contribution >= 0.6 is 11.8 Å². The van der Waals surface area contributed by atoms with Gasteiger partial charge in [0.1, 0.15) is 0 Å². The summed E-state index contributed by atoms with van der Waals surface area (Å²) in [7, 11) is 1.73. The molecule has 0 atom stereocenters. The quantitative estimate of drug-likeness (QED) is 0.497. The van der Waals surface area contributed by atoms with Crippen molar-refractivity contribution in [1.29, 1.82) is 0 Å². The first-order valence-electron chi connectivity index (χ1n) is 8.64. The maximum Gasteiger partial charge on any atom is 0.191 e. The summed E-state index contributed by atoms with van der Waals surface area (Å²) in [6.07, 6.45) is 4.51. The topological polar surface area (TPSA) is 65.3 Å². The van der Waals surface area contributed by atoms with Gasteiger partial charge in [0.25, 0.3) is 0 Å². The van der Waals surface area contributed by atoms with Gasteiger partial charge in [-0.1, -0.05) is 11.8 Å². The summed E-state index contributed by atoms with van der Waals surface area (Å²) in [4.78, 5) is 6.52. The Morgan fingerprint density at radius 1 is 1.16 bits per heavy atom. The fourth-order valence-electron chi connectivity index (χ4n) is 2.77. The van der Waals surface area contributed by atoms with Gasteiger partial charge in [-0.05, 0) is 18.6 Å². The molecule has 0 unspecified atom stereocenters. The van der Waals surface area contributed by atoms with Crippen molar-refractivity contribution in [2.45, 2.75) is 18.1 Å². The third-order valence-electron chi connectivity index (χ3n) is 4.13. The zero-order valence-corrected chi connectivity index (χ0v) is 15.5. The largest absolute Gasteiger partial charge is 0.385 e. The highest BCUT2D eigenvalue weighted by Gasteiger charge is 2.15. The lowest BCUT2D eigenvalue weighted by molar-refractivity contribution is 0.0410. The number of nitrogens with zero attached hydrogens (tertiary/aromatic N) is 5. The molecule has 0 spiro atoms. The standard InChI is InChI=1S/C17H25N5O2S/c1-23-11-2-7-22-16(15-3-5-18-6-4-15)19-20-17(22)25-14-10-21-8-12-24-13-9-21/h3-6H,2,7-14H2,1H3. The molecule has 1 aliphatic rings. The molecule has 2 aromatic heterocycles. The van der Waals surface area contributed by atoms with Gasteiger partial charge in [-0.2, -0.15) is 0 Å². The van der Waals surface area contributed by atoms with Crippen molar-refractivity contribution < 1.29 is 9.47 Å². The number of rotatable bonds is 9. The van der Waals surface area contributed by atoms with Crippen molar-refractivity contribution in [2.24, 2.45) is 0 Å². The Morgan fingerprint density at radius 3 is 2.72 bits per heavy atom. The summed E-state index contributed by atoms with van der Waals surface area (Å²) < 4.78 is 12.8. The van der Waals surface area contributed by atoms with Gasteiger partial charge >= 0.3 is 0 Å². The molecule has 1 saturated heterocycles. The minimum absolute atomic E-state index is 0.728. The van der Waals surface area contributed by atoms with Crippen LogP contribution in [0.2, 0.25) is 0 Å². The maximum atomic E-state index is 5.40. The summed E-state index contributed by atoms with van der Waals surface area (Å²) in [6, 6.07) is 3.94. The lowest BCUT2D eigenvalue weighted by Gasteiger charge is -2.26. The molecule has 0 saturated carbocycles. The molecule has 1 fully saturated rings. The van der Waals surface area contributed by atoms with Crippen LogP contribution in [-0.2, 0) is 16.0 Å². The van der Waals surface area contributed by atoms with Crippen LogP contribution in [0.1, 0.15) is 6.42 Å². The summed E-state index contributed by atoms with van der Waals surface area (Å²) >= 11 is 1.76. The van der Waals surface area contributed by atoms with E-state index in [1.165, 1.54) is 0 Å². The molecule has 8 heteroatoms. The third kappa shape index (κ3) is 5.24. The van der Waals surface area contributed by atoms with E-state index in [-0.39, 0.29) is 0 Å². The fraction of sp³-hybridized carbons (Fsp3) is 0.588. The van der Waals surface area contributed by atoms with E-state index in [0.717, 1.165) is 74.7 Å². The van der Waals surface area contributed by atoms with Crippen molar-refractivity contribution in [2.75, 3.05) is 52.3 Å². The van der Waals surface area contributed by atoms with E-state index in [1.54, 1.807) is 31.3 Å². The van der Waals surface area contributed by atoms with E-state index in [0.29, 0.717) is 0 Å². The van der Waals surface area contributed by atoms with Gasteiger partial charge in [-0.15, -0.1) is 10.2 Å². The number of methoxy groups -OCH3 is 1. The highest BCUT2D eigenvalue weighted by molar-refractivity contribution is 7.99. The molecule has 0 radical (unpaired) electrons. The number of ether oxygens (including phenoxy) is 2. The molecule has 7 nitrogen and oxygen atoms in total. The highest BCUT2D eigenvalue weighted by Crippen LogP contribution is 2.24. The Kier molecular flexibility index (Phi) is 7.22. The molecule has 0 aliphatic carbocycles. The summed E-state index contributed by atoms with van der Waals surface area (Å²) in [5, 5.41) is 9.81. The smallest absolute Gasteiger partial charge is 0.191 e. The van der Waals surface area contributed by atoms with E-state index < -0.39 is 0 Å². The Balaban J connectivity index is 1.65. The van der Waals surface area contributed by atoms with Crippen LogP contribution < -0.4 is 0 Å². The first-order chi connectivity index (χ1) is 12.4. The van der Waals surface area contributed by atoms with Crippen molar-refractivity contribution in [3.8, 4) is 11.4 Å². The number of hydrogen-bond acceptors (Lipinski definition) is 7. The second-order valence-corrected chi connectivity index (χ2v) is 6.90. The van der Waals surface area contributed by atoms with Gasteiger partial charge in [0.2, 0.25) is 0 Å². The molecule has 3 heterocycles. The van der Waals surface area contributed by atoms with Crippen LogP contribution in [0, 0.1) is 0 Å². The fourth-order valence-corrected chi connectivity index (χ4v) is 3.73. The first kappa shape index (κ1) is 18.3. The number of aromatic nitrogens is 4. The molecule has 136 valence electrons. The average Bonchev–Trinajstić information content (AvgIpc) is 3.06. The monoisotopic (exact) mass is 363 g/mol. The normalized spacial score (nSPS) is 15.6. The van der Waals surface area contributed by atoms with Crippen LogP contribution in [0.15, 0.2) is 29.7 Å². The number of hydrogen-bond donors (Lipinski definition) is 0. The average molecular weight is 363 g/mol. The second kappa shape index (κ2) is 9.86. The SMILES string of the molecule is COCCCn1c(SCCN2CCOCC2)nnc1-c1ccncc1. The van der Waals surface area contributed by atoms with E-state index in [2.05, 4.69) is 24.6 Å². The molecule has 25 heavy (non-hydrogen) atoms. The minimum Gasteiger partial charge on any atom is -0.385 e. The molecule has 0 amide bonds. The predicted molar refractivity (Wildman–Crippen MR) is 97.7 cm³/mol. The summed E-state index contributed by atoms with van der Waals surface area (Å²) in [5.74, 6) is 1.89.